The van der Waals surface area contributed by atoms with E-state index in [2.05, 4.69) is 29.7 Å². The molecule has 2 fully saturated rings. The van der Waals surface area contributed by atoms with E-state index < -0.39 is 0 Å². The molecule has 2 bridgehead atoms. The highest BCUT2D eigenvalue weighted by atomic mass is 32.1. The van der Waals surface area contributed by atoms with Gasteiger partial charge in [0.1, 0.15) is 0 Å². The molecular weight excluding hydrogens is 228 g/mol. The Kier molecular flexibility index (Phi) is 3.50. The highest BCUT2D eigenvalue weighted by Crippen LogP contribution is 2.32. The molecule has 3 rings (SSSR count). The number of aryl methyl sites for hydroxylation is 1. The molecule has 3 atom stereocenters. The fraction of sp³-hybridized carbons (Fsp3) is 0.714. The van der Waals surface area contributed by atoms with Crippen molar-refractivity contribution in [2.75, 3.05) is 6.54 Å². The minimum atomic E-state index is 0.807. The van der Waals surface area contributed by atoms with E-state index in [4.69, 9.17) is 0 Å². The van der Waals surface area contributed by atoms with Gasteiger partial charge in [-0.1, -0.05) is 6.92 Å². The summed E-state index contributed by atoms with van der Waals surface area (Å²) in [7, 11) is 0. The van der Waals surface area contributed by atoms with E-state index in [1.807, 2.05) is 11.3 Å². The summed E-state index contributed by atoms with van der Waals surface area (Å²) in [6.45, 7) is 4.47. The van der Waals surface area contributed by atoms with Crippen molar-refractivity contribution in [3.63, 3.8) is 0 Å². The van der Waals surface area contributed by atoms with Gasteiger partial charge in [0, 0.05) is 28.4 Å². The average molecular weight is 250 g/mol. The van der Waals surface area contributed by atoms with Crippen LogP contribution in [0.4, 0.5) is 0 Å². The van der Waals surface area contributed by atoms with Crippen LogP contribution in [0.1, 0.15) is 35.9 Å². The van der Waals surface area contributed by atoms with Gasteiger partial charge in [-0.25, -0.2) is 0 Å². The third kappa shape index (κ3) is 2.56. The number of nitrogens with one attached hydrogen (secondary N) is 2. The zero-order chi connectivity index (χ0) is 11.7. The van der Waals surface area contributed by atoms with Gasteiger partial charge >= 0.3 is 0 Å². The molecule has 2 aliphatic rings. The van der Waals surface area contributed by atoms with Crippen LogP contribution in [0.15, 0.2) is 12.1 Å². The molecule has 0 aromatic carbocycles. The summed E-state index contributed by atoms with van der Waals surface area (Å²) >= 11 is 1.95. The molecule has 0 spiro atoms. The standard InChI is InChI=1S/C14H22N2S/c1-2-12-4-5-13(17-12)9-15-8-10-7-11-3-6-14(10)16-11/h4-5,10-11,14-16H,2-3,6-9H2,1H3. The highest BCUT2D eigenvalue weighted by Gasteiger charge is 2.38. The van der Waals surface area contributed by atoms with Gasteiger partial charge in [-0.15, -0.1) is 11.3 Å². The first-order chi connectivity index (χ1) is 8.35. The van der Waals surface area contributed by atoms with Crippen LogP contribution in [-0.4, -0.2) is 18.6 Å². The van der Waals surface area contributed by atoms with Crippen molar-refractivity contribution in [1.29, 1.82) is 0 Å². The Hall–Kier alpha value is -0.380. The van der Waals surface area contributed by atoms with E-state index in [-0.39, 0.29) is 0 Å². The van der Waals surface area contributed by atoms with Crippen LogP contribution in [0.5, 0.6) is 0 Å². The maximum Gasteiger partial charge on any atom is 0.0299 e. The Morgan fingerprint density at radius 3 is 2.88 bits per heavy atom. The molecular formula is C14H22N2S. The molecule has 3 unspecified atom stereocenters. The molecule has 2 N–H and O–H groups in total. The van der Waals surface area contributed by atoms with Crippen LogP contribution >= 0.6 is 11.3 Å². The van der Waals surface area contributed by atoms with Crippen molar-refractivity contribution >= 4 is 11.3 Å². The van der Waals surface area contributed by atoms with Crippen molar-refractivity contribution in [3.8, 4) is 0 Å². The van der Waals surface area contributed by atoms with Crippen molar-refractivity contribution < 1.29 is 0 Å². The lowest BCUT2D eigenvalue weighted by Gasteiger charge is -2.20. The zero-order valence-corrected chi connectivity index (χ0v) is 11.4. The van der Waals surface area contributed by atoms with Crippen LogP contribution in [0.2, 0.25) is 0 Å². The van der Waals surface area contributed by atoms with Gasteiger partial charge in [0.15, 0.2) is 0 Å². The second-order valence-electron chi connectivity index (χ2n) is 5.40. The Balaban J connectivity index is 1.43. The molecule has 17 heavy (non-hydrogen) atoms. The Bertz CT molecular complexity index is 374. The maximum atomic E-state index is 3.70. The summed E-state index contributed by atoms with van der Waals surface area (Å²) in [5.41, 5.74) is 0. The minimum Gasteiger partial charge on any atom is -0.312 e. The first-order valence-electron chi connectivity index (χ1n) is 6.89. The summed E-state index contributed by atoms with van der Waals surface area (Å²) in [6, 6.07) is 6.18. The zero-order valence-electron chi connectivity index (χ0n) is 10.5. The molecule has 3 heteroatoms. The molecule has 0 radical (unpaired) electrons. The van der Waals surface area contributed by atoms with E-state index in [9.17, 15) is 0 Å². The lowest BCUT2D eigenvalue weighted by atomic mass is 9.89. The quantitative estimate of drug-likeness (QED) is 0.839. The molecule has 0 saturated carbocycles. The highest BCUT2D eigenvalue weighted by molar-refractivity contribution is 7.11. The van der Waals surface area contributed by atoms with E-state index in [0.717, 1.165) is 24.5 Å². The number of hydrogen-bond acceptors (Lipinski definition) is 3. The van der Waals surface area contributed by atoms with Gasteiger partial charge in [-0.3, -0.25) is 0 Å². The molecule has 1 aromatic rings. The van der Waals surface area contributed by atoms with E-state index in [1.54, 1.807) is 0 Å². The summed E-state index contributed by atoms with van der Waals surface area (Å²) in [6.07, 6.45) is 5.37. The second-order valence-corrected chi connectivity index (χ2v) is 6.65. The first-order valence-corrected chi connectivity index (χ1v) is 7.71. The predicted octanol–water partition coefficient (Wildman–Crippen LogP) is 2.54. The van der Waals surface area contributed by atoms with Crippen LogP contribution in [0.25, 0.3) is 0 Å². The monoisotopic (exact) mass is 250 g/mol. The molecule has 3 heterocycles. The van der Waals surface area contributed by atoms with Gasteiger partial charge in [0.05, 0.1) is 0 Å². The van der Waals surface area contributed by atoms with Gasteiger partial charge in [0.2, 0.25) is 0 Å². The maximum absolute atomic E-state index is 3.70. The summed E-state index contributed by atoms with van der Waals surface area (Å²) in [4.78, 5) is 2.99. The van der Waals surface area contributed by atoms with Crippen LogP contribution in [0.3, 0.4) is 0 Å². The normalized spacial score (nSPS) is 31.2. The molecule has 0 aliphatic carbocycles. The van der Waals surface area contributed by atoms with Gasteiger partial charge < -0.3 is 10.6 Å². The SMILES string of the molecule is CCc1ccc(CNCC2CC3CCC2N3)s1. The van der Waals surface area contributed by atoms with Crippen LogP contribution < -0.4 is 10.6 Å². The van der Waals surface area contributed by atoms with Crippen LogP contribution in [-0.2, 0) is 13.0 Å². The third-order valence-corrected chi connectivity index (χ3v) is 5.43. The Morgan fingerprint density at radius 1 is 1.35 bits per heavy atom. The smallest absolute Gasteiger partial charge is 0.0299 e. The van der Waals surface area contributed by atoms with Gasteiger partial charge in [-0.2, -0.15) is 0 Å². The fourth-order valence-corrected chi connectivity index (χ4v) is 4.18. The summed E-state index contributed by atoms with van der Waals surface area (Å²) in [5, 5.41) is 7.34. The number of fused-ring (bicyclic) bond motifs is 2. The predicted molar refractivity (Wildman–Crippen MR) is 73.5 cm³/mol. The van der Waals surface area contributed by atoms with Crippen LogP contribution in [0, 0.1) is 5.92 Å². The molecule has 0 amide bonds. The second kappa shape index (κ2) is 5.09. The lowest BCUT2D eigenvalue weighted by molar-refractivity contribution is 0.383. The molecule has 1 aromatic heterocycles. The van der Waals surface area contributed by atoms with Gasteiger partial charge in [-0.05, 0) is 50.3 Å². The third-order valence-electron chi connectivity index (χ3n) is 4.20. The molecule has 2 nitrogen and oxygen atoms in total. The van der Waals surface area contributed by atoms with E-state index in [0.29, 0.717) is 0 Å². The van der Waals surface area contributed by atoms with Crippen molar-refractivity contribution in [2.24, 2.45) is 5.92 Å². The Labute approximate surface area is 108 Å². The molecule has 2 saturated heterocycles. The fourth-order valence-electron chi connectivity index (χ4n) is 3.25. The topological polar surface area (TPSA) is 24.1 Å². The number of rotatable bonds is 5. The molecule has 2 aliphatic heterocycles. The van der Waals surface area contributed by atoms with Crippen molar-refractivity contribution in [2.45, 2.75) is 51.2 Å². The lowest BCUT2D eigenvalue weighted by Crippen LogP contribution is -2.31. The minimum absolute atomic E-state index is 0.807. The first kappa shape index (κ1) is 11.7. The van der Waals surface area contributed by atoms with Crippen molar-refractivity contribution in [3.05, 3.63) is 21.9 Å². The largest absolute Gasteiger partial charge is 0.312 e. The summed E-state index contributed by atoms with van der Waals surface area (Å²) in [5.74, 6) is 0.874. The number of hydrogen-bond donors (Lipinski definition) is 2. The van der Waals surface area contributed by atoms with E-state index in [1.165, 1.54) is 42.0 Å². The summed E-state index contributed by atoms with van der Waals surface area (Å²) < 4.78 is 0. The Morgan fingerprint density at radius 2 is 2.24 bits per heavy atom. The molecule has 94 valence electrons. The number of thiophene rings is 1. The van der Waals surface area contributed by atoms with Crippen molar-refractivity contribution in [1.82, 2.24) is 10.6 Å². The average Bonchev–Trinajstić information content (AvgIpc) is 3.04. The van der Waals surface area contributed by atoms with Gasteiger partial charge in [0.25, 0.3) is 0 Å². The van der Waals surface area contributed by atoms with E-state index >= 15 is 0 Å².